The van der Waals surface area contributed by atoms with Gasteiger partial charge in [-0.1, -0.05) is 53.2 Å². The summed E-state index contributed by atoms with van der Waals surface area (Å²) in [6.45, 7) is 4.02. The number of nitrogens with zero attached hydrogens (tertiary/aromatic N) is 3. The third kappa shape index (κ3) is 4.66. The molecule has 2 heterocycles. The van der Waals surface area contributed by atoms with Crippen molar-refractivity contribution in [2.75, 3.05) is 18.4 Å². The molecule has 0 bridgehead atoms. The van der Waals surface area contributed by atoms with Gasteiger partial charge in [-0.15, -0.1) is 0 Å². The number of anilines is 1. The number of piperidine rings is 1. The predicted molar refractivity (Wildman–Crippen MR) is 113 cm³/mol. The van der Waals surface area contributed by atoms with Crippen LogP contribution in [0.25, 0.3) is 11.4 Å². The van der Waals surface area contributed by atoms with Crippen molar-refractivity contribution in [3.8, 4) is 11.4 Å². The van der Waals surface area contributed by atoms with Crippen LogP contribution in [0.1, 0.15) is 24.3 Å². The fraction of sp³-hybridized carbons (Fsp3) is 0.318. The molecule has 7 heteroatoms. The fourth-order valence-corrected chi connectivity index (χ4v) is 3.78. The lowest BCUT2D eigenvalue weighted by Gasteiger charge is -2.31. The second-order valence-corrected chi connectivity index (χ2v) is 7.76. The third-order valence-corrected chi connectivity index (χ3v) is 5.67. The van der Waals surface area contributed by atoms with Gasteiger partial charge in [0.2, 0.25) is 17.6 Å². The monoisotopic (exact) mass is 410 g/mol. The van der Waals surface area contributed by atoms with E-state index in [4.69, 9.17) is 16.1 Å². The minimum atomic E-state index is -0.0846. The average Bonchev–Trinajstić information content (AvgIpc) is 3.21. The summed E-state index contributed by atoms with van der Waals surface area (Å²) in [4.78, 5) is 19.5. The first kappa shape index (κ1) is 19.6. The molecule has 1 fully saturated rings. The smallest absolute Gasteiger partial charge is 0.241 e. The Morgan fingerprint density at radius 3 is 2.90 bits per heavy atom. The Morgan fingerprint density at radius 1 is 1.24 bits per heavy atom. The zero-order chi connectivity index (χ0) is 20.2. The lowest BCUT2D eigenvalue weighted by atomic mass is 9.97. The largest absolute Gasteiger partial charge is 0.338 e. The number of halogens is 1. The van der Waals surface area contributed by atoms with Crippen LogP contribution >= 0.6 is 11.6 Å². The quantitative estimate of drug-likeness (QED) is 0.668. The molecule has 6 nitrogen and oxygen atoms in total. The SMILES string of the molecule is Cc1c(Cl)cccc1NC(=O)C1CCCN(Cc2nc(-c3ccccc3)no2)C1. The molecular formula is C22H23ClN4O2. The van der Waals surface area contributed by atoms with E-state index in [0.29, 0.717) is 29.8 Å². The van der Waals surface area contributed by atoms with Crippen LogP contribution in [0.3, 0.4) is 0 Å². The van der Waals surface area contributed by atoms with Crippen molar-refractivity contribution < 1.29 is 9.32 Å². The van der Waals surface area contributed by atoms with Crippen molar-refractivity contribution >= 4 is 23.2 Å². The molecule has 0 spiro atoms. The van der Waals surface area contributed by atoms with E-state index in [2.05, 4.69) is 20.4 Å². The Hall–Kier alpha value is -2.70. The number of aromatic nitrogens is 2. The number of hydrogen-bond acceptors (Lipinski definition) is 5. The van der Waals surface area contributed by atoms with Gasteiger partial charge in [0.05, 0.1) is 12.5 Å². The number of rotatable bonds is 5. The van der Waals surface area contributed by atoms with Gasteiger partial charge in [-0.2, -0.15) is 4.98 Å². The highest BCUT2D eigenvalue weighted by atomic mass is 35.5. The Balaban J connectivity index is 1.38. The predicted octanol–water partition coefficient (Wildman–Crippen LogP) is 4.55. The number of hydrogen-bond donors (Lipinski definition) is 1. The van der Waals surface area contributed by atoms with Crippen LogP contribution in [-0.2, 0) is 11.3 Å². The molecule has 1 N–H and O–H groups in total. The number of benzene rings is 2. The van der Waals surface area contributed by atoms with Gasteiger partial charge in [0.1, 0.15) is 0 Å². The van der Waals surface area contributed by atoms with Gasteiger partial charge in [-0.05, 0) is 44.0 Å². The van der Waals surface area contributed by atoms with E-state index < -0.39 is 0 Å². The van der Waals surface area contributed by atoms with Crippen LogP contribution < -0.4 is 5.32 Å². The van der Waals surface area contributed by atoms with Crippen LogP contribution in [0.15, 0.2) is 53.1 Å². The number of carbonyl (C=O) groups excluding carboxylic acids is 1. The van der Waals surface area contributed by atoms with Crippen LogP contribution in [0, 0.1) is 12.8 Å². The van der Waals surface area contributed by atoms with E-state index in [1.165, 1.54) is 0 Å². The zero-order valence-electron chi connectivity index (χ0n) is 16.3. The summed E-state index contributed by atoms with van der Waals surface area (Å²) < 4.78 is 5.42. The summed E-state index contributed by atoms with van der Waals surface area (Å²) in [5.41, 5.74) is 2.58. The van der Waals surface area contributed by atoms with Gasteiger partial charge in [-0.3, -0.25) is 9.69 Å². The first-order valence-corrected chi connectivity index (χ1v) is 10.1. The lowest BCUT2D eigenvalue weighted by molar-refractivity contribution is -0.121. The van der Waals surface area contributed by atoms with Crippen LogP contribution in [0.4, 0.5) is 5.69 Å². The van der Waals surface area contributed by atoms with Crippen molar-refractivity contribution in [1.82, 2.24) is 15.0 Å². The molecule has 1 atom stereocenters. The summed E-state index contributed by atoms with van der Waals surface area (Å²) in [6.07, 6.45) is 1.81. The first-order chi connectivity index (χ1) is 14.1. The zero-order valence-corrected chi connectivity index (χ0v) is 17.0. The van der Waals surface area contributed by atoms with Crippen molar-refractivity contribution in [2.24, 2.45) is 5.92 Å². The molecule has 2 aromatic carbocycles. The molecule has 1 aromatic heterocycles. The van der Waals surface area contributed by atoms with E-state index in [1.807, 2.05) is 55.5 Å². The normalized spacial score (nSPS) is 17.2. The maximum Gasteiger partial charge on any atom is 0.241 e. The molecule has 1 aliphatic rings. The standard InChI is InChI=1S/C22H23ClN4O2/c1-15-18(23)10-5-11-19(15)24-22(28)17-9-6-12-27(13-17)14-20-25-21(26-29-20)16-7-3-2-4-8-16/h2-5,7-8,10-11,17H,6,9,12-14H2,1H3,(H,24,28). The molecular weight excluding hydrogens is 388 g/mol. The average molecular weight is 411 g/mol. The summed E-state index contributed by atoms with van der Waals surface area (Å²) in [5, 5.41) is 7.76. The minimum absolute atomic E-state index is 0.0237. The van der Waals surface area contributed by atoms with Crippen molar-refractivity contribution in [1.29, 1.82) is 0 Å². The first-order valence-electron chi connectivity index (χ1n) is 9.76. The summed E-state index contributed by atoms with van der Waals surface area (Å²) in [5.74, 6) is 1.09. The summed E-state index contributed by atoms with van der Waals surface area (Å²) in [7, 11) is 0. The molecule has 150 valence electrons. The van der Waals surface area contributed by atoms with Crippen molar-refractivity contribution in [2.45, 2.75) is 26.3 Å². The second kappa shape index (κ2) is 8.76. The van der Waals surface area contributed by atoms with Gasteiger partial charge >= 0.3 is 0 Å². The molecule has 1 unspecified atom stereocenters. The lowest BCUT2D eigenvalue weighted by Crippen LogP contribution is -2.40. The molecule has 1 amide bonds. The Bertz CT molecular complexity index is 989. The molecule has 3 aromatic rings. The minimum Gasteiger partial charge on any atom is -0.338 e. The number of likely N-dealkylation sites (tertiary alicyclic amines) is 1. The van der Waals surface area contributed by atoms with Crippen LogP contribution in [0.2, 0.25) is 5.02 Å². The molecule has 4 rings (SSSR count). The van der Waals surface area contributed by atoms with Crippen LogP contribution in [0.5, 0.6) is 0 Å². The highest BCUT2D eigenvalue weighted by molar-refractivity contribution is 6.31. The summed E-state index contributed by atoms with van der Waals surface area (Å²) >= 11 is 6.16. The van der Waals surface area contributed by atoms with Gasteiger partial charge in [0, 0.05) is 22.8 Å². The molecule has 1 aliphatic heterocycles. The molecule has 0 saturated carbocycles. The maximum absolute atomic E-state index is 12.8. The van der Waals surface area contributed by atoms with E-state index in [0.717, 1.165) is 36.2 Å². The van der Waals surface area contributed by atoms with E-state index >= 15 is 0 Å². The molecule has 1 saturated heterocycles. The summed E-state index contributed by atoms with van der Waals surface area (Å²) in [6, 6.07) is 15.3. The van der Waals surface area contributed by atoms with Gasteiger partial charge in [0.25, 0.3) is 0 Å². The molecule has 0 radical (unpaired) electrons. The van der Waals surface area contributed by atoms with E-state index in [1.54, 1.807) is 0 Å². The van der Waals surface area contributed by atoms with Gasteiger partial charge in [-0.25, -0.2) is 0 Å². The second-order valence-electron chi connectivity index (χ2n) is 7.35. The Morgan fingerprint density at radius 2 is 2.07 bits per heavy atom. The van der Waals surface area contributed by atoms with E-state index in [-0.39, 0.29) is 11.8 Å². The molecule has 29 heavy (non-hydrogen) atoms. The molecule has 0 aliphatic carbocycles. The van der Waals surface area contributed by atoms with Gasteiger partial charge < -0.3 is 9.84 Å². The Kier molecular flexibility index (Phi) is 5.92. The third-order valence-electron chi connectivity index (χ3n) is 5.26. The van der Waals surface area contributed by atoms with E-state index in [9.17, 15) is 4.79 Å². The van der Waals surface area contributed by atoms with Crippen LogP contribution in [-0.4, -0.2) is 34.0 Å². The number of amides is 1. The van der Waals surface area contributed by atoms with Gasteiger partial charge in [0.15, 0.2) is 0 Å². The number of carbonyl (C=O) groups is 1. The number of nitrogens with one attached hydrogen (secondary N) is 1. The highest BCUT2D eigenvalue weighted by Gasteiger charge is 2.27. The van der Waals surface area contributed by atoms with Crippen molar-refractivity contribution in [3.63, 3.8) is 0 Å². The topological polar surface area (TPSA) is 71.3 Å². The Labute approximate surface area is 174 Å². The van der Waals surface area contributed by atoms with Crippen molar-refractivity contribution in [3.05, 3.63) is 65.0 Å². The highest BCUT2D eigenvalue weighted by Crippen LogP contribution is 2.25. The maximum atomic E-state index is 12.8. The fourth-order valence-electron chi connectivity index (χ4n) is 3.61.